The first kappa shape index (κ1) is 9.35. The molecule has 1 aromatic carbocycles. The summed E-state index contributed by atoms with van der Waals surface area (Å²) in [5.74, 6) is 2.77. The predicted molar refractivity (Wildman–Crippen MR) is 56.0 cm³/mol. The fourth-order valence-corrected chi connectivity index (χ4v) is 1.83. The molecule has 0 spiro atoms. The summed E-state index contributed by atoms with van der Waals surface area (Å²) in [5, 5.41) is 0. The molecule has 0 N–H and O–H groups in total. The fourth-order valence-electron chi connectivity index (χ4n) is 1.05. The molecule has 0 amide bonds. The SMILES string of the molecule is C#CC(C)(C)c1ccccc1Br. The van der Waals surface area contributed by atoms with Crippen LogP contribution in [0.25, 0.3) is 0 Å². The highest BCUT2D eigenvalue weighted by atomic mass is 79.9. The third-order valence-electron chi connectivity index (χ3n) is 1.91. The number of rotatable bonds is 1. The van der Waals surface area contributed by atoms with Gasteiger partial charge in [0.15, 0.2) is 0 Å². The number of hydrogen-bond donors (Lipinski definition) is 0. The Hall–Kier alpha value is -0.740. The summed E-state index contributed by atoms with van der Waals surface area (Å²) < 4.78 is 1.08. The Morgan fingerprint density at radius 2 is 1.92 bits per heavy atom. The zero-order chi connectivity index (χ0) is 9.19. The van der Waals surface area contributed by atoms with Crippen molar-refractivity contribution in [3.05, 3.63) is 34.3 Å². The van der Waals surface area contributed by atoms with Gasteiger partial charge in [0.2, 0.25) is 0 Å². The molecule has 0 aromatic heterocycles. The van der Waals surface area contributed by atoms with E-state index in [0.717, 1.165) is 10.0 Å². The molecule has 0 atom stereocenters. The van der Waals surface area contributed by atoms with E-state index in [1.165, 1.54) is 0 Å². The smallest absolute Gasteiger partial charge is 0.0515 e. The molecule has 0 fully saturated rings. The van der Waals surface area contributed by atoms with Gasteiger partial charge in [0.1, 0.15) is 0 Å². The first-order valence-corrected chi connectivity index (χ1v) is 4.60. The maximum Gasteiger partial charge on any atom is 0.0515 e. The topological polar surface area (TPSA) is 0 Å². The molecule has 0 saturated carbocycles. The Balaban J connectivity index is 3.22. The molecular weight excluding hydrogens is 212 g/mol. The lowest BCUT2D eigenvalue weighted by Gasteiger charge is -2.19. The number of benzene rings is 1. The molecule has 0 nitrogen and oxygen atoms in total. The minimum absolute atomic E-state index is 0.194. The maximum atomic E-state index is 5.44. The monoisotopic (exact) mass is 222 g/mol. The van der Waals surface area contributed by atoms with Crippen LogP contribution in [0.2, 0.25) is 0 Å². The van der Waals surface area contributed by atoms with Gasteiger partial charge in [-0.05, 0) is 25.5 Å². The maximum absolute atomic E-state index is 5.44. The molecule has 1 rings (SSSR count). The number of hydrogen-bond acceptors (Lipinski definition) is 0. The molecule has 0 saturated heterocycles. The van der Waals surface area contributed by atoms with Gasteiger partial charge < -0.3 is 0 Å². The van der Waals surface area contributed by atoms with Gasteiger partial charge >= 0.3 is 0 Å². The molecule has 1 aromatic rings. The lowest BCUT2D eigenvalue weighted by Crippen LogP contribution is -2.14. The Bertz CT molecular complexity index is 318. The van der Waals surface area contributed by atoms with Crippen LogP contribution in [0.15, 0.2) is 28.7 Å². The van der Waals surface area contributed by atoms with Gasteiger partial charge in [-0.15, -0.1) is 6.42 Å². The van der Waals surface area contributed by atoms with E-state index in [0.29, 0.717) is 0 Å². The minimum Gasteiger partial charge on any atom is -0.119 e. The Morgan fingerprint density at radius 3 is 2.42 bits per heavy atom. The summed E-state index contributed by atoms with van der Waals surface area (Å²) in [6.07, 6.45) is 5.44. The normalized spacial score (nSPS) is 10.8. The average molecular weight is 223 g/mol. The summed E-state index contributed by atoms with van der Waals surface area (Å²) in [4.78, 5) is 0. The van der Waals surface area contributed by atoms with Crippen molar-refractivity contribution in [3.63, 3.8) is 0 Å². The first-order valence-electron chi connectivity index (χ1n) is 3.81. The van der Waals surface area contributed by atoms with Gasteiger partial charge in [0, 0.05) is 4.47 Å². The van der Waals surface area contributed by atoms with Gasteiger partial charge in [-0.3, -0.25) is 0 Å². The number of halogens is 1. The van der Waals surface area contributed by atoms with Gasteiger partial charge in [-0.2, -0.15) is 0 Å². The van der Waals surface area contributed by atoms with Crippen LogP contribution in [0, 0.1) is 12.3 Å². The second-order valence-electron chi connectivity index (χ2n) is 3.25. The van der Waals surface area contributed by atoms with Crippen molar-refractivity contribution in [2.24, 2.45) is 0 Å². The van der Waals surface area contributed by atoms with Crippen molar-refractivity contribution < 1.29 is 0 Å². The van der Waals surface area contributed by atoms with Crippen LogP contribution in [0.5, 0.6) is 0 Å². The molecule has 0 radical (unpaired) electrons. The summed E-state index contributed by atoms with van der Waals surface area (Å²) >= 11 is 3.48. The summed E-state index contributed by atoms with van der Waals surface area (Å²) in [6.45, 7) is 4.07. The van der Waals surface area contributed by atoms with Gasteiger partial charge in [-0.1, -0.05) is 40.0 Å². The quantitative estimate of drug-likeness (QED) is 0.640. The van der Waals surface area contributed by atoms with E-state index in [-0.39, 0.29) is 5.41 Å². The molecular formula is C11H11Br. The third-order valence-corrected chi connectivity index (χ3v) is 2.60. The van der Waals surface area contributed by atoms with Crippen molar-refractivity contribution in [2.45, 2.75) is 19.3 Å². The van der Waals surface area contributed by atoms with E-state index in [1.54, 1.807) is 0 Å². The molecule has 1 heteroatoms. The molecule has 62 valence electrons. The second kappa shape index (κ2) is 3.33. The van der Waals surface area contributed by atoms with Crippen LogP contribution in [0.3, 0.4) is 0 Å². The number of terminal acetylenes is 1. The van der Waals surface area contributed by atoms with Crippen molar-refractivity contribution in [1.82, 2.24) is 0 Å². The van der Waals surface area contributed by atoms with Crippen LogP contribution in [0.4, 0.5) is 0 Å². The van der Waals surface area contributed by atoms with Crippen LogP contribution in [-0.2, 0) is 5.41 Å². The van der Waals surface area contributed by atoms with Crippen LogP contribution in [0.1, 0.15) is 19.4 Å². The van der Waals surface area contributed by atoms with E-state index in [2.05, 4.69) is 21.9 Å². The van der Waals surface area contributed by atoms with Crippen molar-refractivity contribution in [3.8, 4) is 12.3 Å². The van der Waals surface area contributed by atoms with Crippen molar-refractivity contribution in [1.29, 1.82) is 0 Å². The third kappa shape index (κ3) is 1.70. The van der Waals surface area contributed by atoms with Gasteiger partial charge in [-0.25, -0.2) is 0 Å². The summed E-state index contributed by atoms with van der Waals surface area (Å²) in [7, 11) is 0. The molecule has 0 heterocycles. The molecule has 0 aliphatic heterocycles. The van der Waals surface area contributed by atoms with E-state index in [4.69, 9.17) is 6.42 Å². The minimum atomic E-state index is -0.194. The molecule has 0 aliphatic rings. The first-order chi connectivity index (χ1) is 5.58. The van der Waals surface area contributed by atoms with E-state index >= 15 is 0 Å². The summed E-state index contributed by atoms with van der Waals surface area (Å²) in [5.41, 5.74) is 0.965. The Labute approximate surface area is 82.1 Å². The average Bonchev–Trinajstić information content (AvgIpc) is 2.05. The largest absolute Gasteiger partial charge is 0.119 e. The molecule has 0 aliphatic carbocycles. The van der Waals surface area contributed by atoms with Gasteiger partial charge in [0.25, 0.3) is 0 Å². The van der Waals surface area contributed by atoms with Crippen LogP contribution >= 0.6 is 15.9 Å². The summed E-state index contributed by atoms with van der Waals surface area (Å²) in [6, 6.07) is 8.04. The Morgan fingerprint density at radius 1 is 1.33 bits per heavy atom. The Kier molecular flexibility index (Phi) is 2.59. The molecule has 12 heavy (non-hydrogen) atoms. The van der Waals surface area contributed by atoms with Crippen molar-refractivity contribution in [2.75, 3.05) is 0 Å². The zero-order valence-electron chi connectivity index (χ0n) is 7.26. The predicted octanol–water partition coefficient (Wildman–Crippen LogP) is 3.36. The lowest BCUT2D eigenvalue weighted by atomic mass is 9.86. The fraction of sp³-hybridized carbons (Fsp3) is 0.273. The standard InChI is InChI=1S/C11H11Br/c1-4-11(2,3)9-7-5-6-8-10(9)12/h1,5-8H,2-3H3. The van der Waals surface area contributed by atoms with E-state index in [1.807, 2.05) is 38.1 Å². The van der Waals surface area contributed by atoms with E-state index < -0.39 is 0 Å². The molecule has 0 bridgehead atoms. The second-order valence-corrected chi connectivity index (χ2v) is 4.10. The highest BCUT2D eigenvalue weighted by Gasteiger charge is 2.18. The van der Waals surface area contributed by atoms with Crippen LogP contribution in [-0.4, -0.2) is 0 Å². The van der Waals surface area contributed by atoms with Crippen LogP contribution < -0.4 is 0 Å². The van der Waals surface area contributed by atoms with E-state index in [9.17, 15) is 0 Å². The highest BCUT2D eigenvalue weighted by Crippen LogP contribution is 2.28. The zero-order valence-corrected chi connectivity index (χ0v) is 8.85. The van der Waals surface area contributed by atoms with Gasteiger partial charge in [0.05, 0.1) is 5.41 Å². The molecule has 0 unspecified atom stereocenters. The lowest BCUT2D eigenvalue weighted by molar-refractivity contribution is 0.695. The highest BCUT2D eigenvalue weighted by molar-refractivity contribution is 9.10. The van der Waals surface area contributed by atoms with Crippen molar-refractivity contribution >= 4 is 15.9 Å².